The van der Waals surface area contributed by atoms with Crippen molar-refractivity contribution in [3.8, 4) is 6.07 Å². The molecule has 1 aromatic carbocycles. The molecule has 0 atom stereocenters. The number of carbonyl (C=O) groups is 2. The lowest BCUT2D eigenvalue weighted by molar-refractivity contribution is -0.119. The summed E-state index contributed by atoms with van der Waals surface area (Å²) < 4.78 is 7.04. The third-order valence-electron chi connectivity index (χ3n) is 4.74. The first kappa shape index (κ1) is 22.0. The minimum absolute atomic E-state index is 0.0848. The van der Waals surface area contributed by atoms with Crippen LogP contribution < -0.4 is 5.32 Å². The molecule has 160 valence electrons. The molecular weight excluding hydrogens is 394 g/mol. The smallest absolute Gasteiger partial charge is 0.339 e. The zero-order valence-electron chi connectivity index (χ0n) is 18.0. The average molecular weight is 419 g/mol. The number of ether oxygens (including phenoxy) is 1. The minimum atomic E-state index is -0.600. The number of amides is 1. The van der Waals surface area contributed by atoms with Crippen LogP contribution in [0.1, 0.15) is 61.3 Å². The molecule has 2 heterocycles. The molecule has 0 saturated carbocycles. The molecule has 0 unspecified atom stereocenters. The van der Waals surface area contributed by atoms with Crippen LogP contribution in [0.5, 0.6) is 0 Å². The van der Waals surface area contributed by atoms with Crippen LogP contribution in [-0.4, -0.2) is 33.2 Å². The van der Waals surface area contributed by atoms with Gasteiger partial charge in [-0.2, -0.15) is 10.4 Å². The van der Waals surface area contributed by atoms with Gasteiger partial charge in [-0.05, 0) is 43.5 Å². The molecule has 8 nitrogen and oxygen atoms in total. The van der Waals surface area contributed by atoms with Crippen molar-refractivity contribution in [3.63, 3.8) is 0 Å². The number of pyridine rings is 1. The zero-order valence-corrected chi connectivity index (χ0v) is 18.0. The van der Waals surface area contributed by atoms with Crippen molar-refractivity contribution < 1.29 is 14.3 Å². The Hall–Kier alpha value is -3.73. The second-order valence-corrected chi connectivity index (χ2v) is 7.83. The molecule has 3 aromatic rings. The Morgan fingerprint density at radius 2 is 1.90 bits per heavy atom. The molecule has 0 fully saturated rings. The maximum Gasteiger partial charge on any atom is 0.339 e. The van der Waals surface area contributed by atoms with E-state index in [1.165, 1.54) is 0 Å². The lowest BCUT2D eigenvalue weighted by atomic mass is 10.1. The van der Waals surface area contributed by atoms with Gasteiger partial charge in [-0.15, -0.1) is 0 Å². The van der Waals surface area contributed by atoms with Crippen molar-refractivity contribution >= 4 is 28.6 Å². The Morgan fingerprint density at radius 1 is 1.19 bits per heavy atom. The first-order chi connectivity index (χ1) is 14.8. The normalized spacial score (nSPS) is 11.0. The highest BCUT2D eigenvalue weighted by atomic mass is 16.5. The van der Waals surface area contributed by atoms with E-state index in [-0.39, 0.29) is 12.0 Å². The summed E-state index contributed by atoms with van der Waals surface area (Å²) >= 11 is 0. The molecule has 8 heteroatoms. The summed E-state index contributed by atoms with van der Waals surface area (Å²) in [4.78, 5) is 29.7. The van der Waals surface area contributed by atoms with Crippen LogP contribution >= 0.6 is 0 Å². The number of carbonyl (C=O) groups excluding carboxylic acids is 2. The van der Waals surface area contributed by atoms with E-state index in [0.29, 0.717) is 28.7 Å². The average Bonchev–Trinajstić information content (AvgIpc) is 3.17. The highest BCUT2D eigenvalue weighted by Gasteiger charge is 2.20. The molecule has 1 N–H and O–H groups in total. The Morgan fingerprint density at radius 3 is 2.52 bits per heavy atom. The van der Waals surface area contributed by atoms with Gasteiger partial charge in [0.1, 0.15) is 0 Å². The van der Waals surface area contributed by atoms with E-state index in [1.807, 2.05) is 27.7 Å². The van der Waals surface area contributed by atoms with Gasteiger partial charge in [-0.1, -0.05) is 26.0 Å². The number of aromatic nitrogens is 3. The Balaban J connectivity index is 1.74. The summed E-state index contributed by atoms with van der Waals surface area (Å²) in [5, 5.41) is 16.3. The van der Waals surface area contributed by atoms with Crippen molar-refractivity contribution in [1.29, 1.82) is 5.26 Å². The molecule has 31 heavy (non-hydrogen) atoms. The maximum atomic E-state index is 12.8. The highest BCUT2D eigenvalue weighted by Crippen LogP contribution is 2.25. The minimum Gasteiger partial charge on any atom is -0.452 e. The number of nitriles is 1. The predicted octanol–water partition coefficient (Wildman–Crippen LogP) is 4.00. The lowest BCUT2D eigenvalue weighted by Crippen LogP contribution is -2.21. The van der Waals surface area contributed by atoms with Gasteiger partial charge in [0.25, 0.3) is 5.91 Å². The fourth-order valence-corrected chi connectivity index (χ4v) is 3.08. The third-order valence-corrected chi connectivity index (χ3v) is 4.74. The molecule has 3 rings (SSSR count). The van der Waals surface area contributed by atoms with Crippen molar-refractivity contribution in [2.45, 2.75) is 46.1 Å². The molecule has 0 aliphatic heterocycles. The second-order valence-electron chi connectivity index (χ2n) is 7.83. The largest absolute Gasteiger partial charge is 0.452 e. The summed E-state index contributed by atoms with van der Waals surface area (Å²) in [6, 6.07) is 10.8. The standard InChI is InChI=1S/C23H25N5O3/c1-14(2)20-11-18(19-12-25-28(15(3)4)22(19)27-20)23(30)31-13-21(29)26-17-7-5-16(6-8-17)9-10-24/h5-8,11-12,14-15H,9,13H2,1-4H3,(H,26,29). The number of nitrogens with zero attached hydrogens (tertiary/aromatic N) is 4. The van der Waals surface area contributed by atoms with Crippen LogP contribution in [0.15, 0.2) is 36.5 Å². The second kappa shape index (κ2) is 9.39. The van der Waals surface area contributed by atoms with Gasteiger partial charge in [-0.3, -0.25) is 4.79 Å². The van der Waals surface area contributed by atoms with Crippen molar-refractivity contribution in [1.82, 2.24) is 14.8 Å². The monoisotopic (exact) mass is 419 g/mol. The molecule has 2 aromatic heterocycles. The fraction of sp³-hybridized carbons (Fsp3) is 0.348. The van der Waals surface area contributed by atoms with E-state index in [4.69, 9.17) is 10.00 Å². The van der Waals surface area contributed by atoms with Gasteiger partial charge in [0.15, 0.2) is 12.3 Å². The number of esters is 1. The Bertz CT molecular complexity index is 1140. The van der Waals surface area contributed by atoms with E-state index in [9.17, 15) is 9.59 Å². The first-order valence-corrected chi connectivity index (χ1v) is 10.1. The molecular formula is C23H25N5O3. The van der Waals surface area contributed by atoms with Crippen LogP contribution in [0.4, 0.5) is 5.69 Å². The van der Waals surface area contributed by atoms with Crippen LogP contribution in [0.3, 0.4) is 0 Å². The fourth-order valence-electron chi connectivity index (χ4n) is 3.08. The maximum absolute atomic E-state index is 12.8. The Labute approximate surface area is 180 Å². The van der Waals surface area contributed by atoms with Crippen LogP contribution in [0.2, 0.25) is 0 Å². The number of anilines is 1. The number of benzene rings is 1. The van der Waals surface area contributed by atoms with Gasteiger partial charge in [0, 0.05) is 17.4 Å². The van der Waals surface area contributed by atoms with Crippen LogP contribution in [0.25, 0.3) is 11.0 Å². The van der Waals surface area contributed by atoms with Gasteiger partial charge < -0.3 is 10.1 Å². The van der Waals surface area contributed by atoms with E-state index >= 15 is 0 Å². The quantitative estimate of drug-likeness (QED) is 0.580. The number of rotatable bonds is 7. The van der Waals surface area contributed by atoms with Gasteiger partial charge in [0.2, 0.25) is 0 Å². The van der Waals surface area contributed by atoms with Crippen LogP contribution in [-0.2, 0) is 16.0 Å². The van der Waals surface area contributed by atoms with Crippen molar-refractivity contribution in [2.75, 3.05) is 11.9 Å². The summed E-state index contributed by atoms with van der Waals surface area (Å²) in [7, 11) is 0. The molecule has 0 aliphatic rings. The summed E-state index contributed by atoms with van der Waals surface area (Å²) in [5.74, 6) is -0.940. The number of hydrogen-bond acceptors (Lipinski definition) is 6. The SMILES string of the molecule is CC(C)c1cc(C(=O)OCC(=O)Nc2ccc(CC#N)cc2)c2cnn(C(C)C)c2n1. The van der Waals surface area contributed by atoms with E-state index < -0.39 is 18.5 Å². The predicted molar refractivity (Wildman–Crippen MR) is 117 cm³/mol. The van der Waals surface area contributed by atoms with Crippen molar-refractivity contribution in [3.05, 3.63) is 53.3 Å². The Kier molecular flexibility index (Phi) is 6.65. The summed E-state index contributed by atoms with van der Waals surface area (Å²) in [6.07, 6.45) is 1.91. The molecule has 0 saturated heterocycles. The first-order valence-electron chi connectivity index (χ1n) is 10.1. The topological polar surface area (TPSA) is 110 Å². The molecule has 0 spiro atoms. The van der Waals surface area contributed by atoms with Crippen molar-refractivity contribution in [2.24, 2.45) is 0 Å². The number of hydrogen-bond donors (Lipinski definition) is 1. The zero-order chi connectivity index (χ0) is 22.5. The highest BCUT2D eigenvalue weighted by molar-refractivity contribution is 6.03. The van der Waals surface area contributed by atoms with Gasteiger partial charge >= 0.3 is 5.97 Å². The number of nitrogens with one attached hydrogen (secondary N) is 1. The van der Waals surface area contributed by atoms with Gasteiger partial charge in [0.05, 0.1) is 29.6 Å². The van der Waals surface area contributed by atoms with E-state index in [1.54, 1.807) is 41.2 Å². The lowest BCUT2D eigenvalue weighted by Gasteiger charge is -2.12. The number of fused-ring (bicyclic) bond motifs is 1. The summed E-state index contributed by atoms with van der Waals surface area (Å²) in [6.45, 7) is 7.55. The molecule has 0 radical (unpaired) electrons. The third kappa shape index (κ3) is 5.07. The summed E-state index contributed by atoms with van der Waals surface area (Å²) in [5.41, 5.74) is 3.14. The molecule has 0 bridgehead atoms. The van der Waals surface area contributed by atoms with Gasteiger partial charge in [-0.25, -0.2) is 14.5 Å². The molecule has 0 aliphatic carbocycles. The van der Waals surface area contributed by atoms with E-state index in [2.05, 4.69) is 21.5 Å². The molecule has 1 amide bonds. The van der Waals surface area contributed by atoms with E-state index in [0.717, 1.165) is 11.3 Å². The van der Waals surface area contributed by atoms with Crippen LogP contribution in [0, 0.1) is 11.3 Å².